The zero-order valence-electron chi connectivity index (χ0n) is 11.4. The quantitative estimate of drug-likeness (QED) is 0.696. The fraction of sp³-hybridized carbons (Fsp3) is 0.692. The maximum atomic E-state index is 11.8. The highest BCUT2D eigenvalue weighted by atomic mass is 16.5. The third kappa shape index (κ3) is 3.33. The first kappa shape index (κ1) is 16.1. The van der Waals surface area contributed by atoms with Crippen LogP contribution in [0.5, 0.6) is 0 Å². The van der Waals surface area contributed by atoms with Crippen molar-refractivity contribution in [1.29, 1.82) is 5.26 Å². The highest BCUT2D eigenvalue weighted by Gasteiger charge is 2.49. The predicted molar refractivity (Wildman–Crippen MR) is 65.0 cm³/mol. The normalized spacial score (nSPS) is 26.7. The van der Waals surface area contributed by atoms with E-state index in [9.17, 15) is 19.5 Å². The minimum Gasteiger partial charge on any atom is -0.469 e. The molecule has 1 unspecified atom stereocenters. The molecule has 0 aromatic heterocycles. The maximum absolute atomic E-state index is 11.8. The van der Waals surface area contributed by atoms with Gasteiger partial charge in [-0.2, -0.15) is 5.26 Å². The minimum absolute atomic E-state index is 0.0927. The van der Waals surface area contributed by atoms with Crippen LogP contribution < -0.4 is 0 Å². The molecule has 0 bridgehead atoms. The summed E-state index contributed by atoms with van der Waals surface area (Å²) >= 11 is 0. The summed E-state index contributed by atoms with van der Waals surface area (Å²) < 4.78 is 9.26. The number of carbonyl (C=O) groups is 3. The van der Waals surface area contributed by atoms with Crippen LogP contribution in [0, 0.1) is 29.1 Å². The molecule has 0 saturated heterocycles. The Kier molecular flexibility index (Phi) is 5.65. The molecule has 0 amide bonds. The summed E-state index contributed by atoms with van der Waals surface area (Å²) in [6.45, 7) is 1.68. The van der Waals surface area contributed by atoms with Crippen molar-refractivity contribution in [1.82, 2.24) is 0 Å². The molecule has 0 aromatic carbocycles. The summed E-state index contributed by atoms with van der Waals surface area (Å²) in [5.41, 5.74) is 0. The van der Waals surface area contributed by atoms with Crippen LogP contribution in [-0.4, -0.2) is 42.6 Å². The van der Waals surface area contributed by atoms with Crippen LogP contribution in [0.4, 0.5) is 0 Å². The number of ether oxygens (including phenoxy) is 2. The summed E-state index contributed by atoms with van der Waals surface area (Å²) in [5, 5.41) is 19.0. The van der Waals surface area contributed by atoms with E-state index in [2.05, 4.69) is 4.74 Å². The Morgan fingerprint density at radius 1 is 1.55 bits per heavy atom. The van der Waals surface area contributed by atoms with Crippen molar-refractivity contribution < 1.29 is 29.0 Å². The molecule has 0 aliphatic heterocycles. The first-order valence-corrected chi connectivity index (χ1v) is 6.30. The van der Waals surface area contributed by atoms with Gasteiger partial charge in [0.2, 0.25) is 0 Å². The summed E-state index contributed by atoms with van der Waals surface area (Å²) in [5.74, 6) is -4.87. The van der Waals surface area contributed by atoms with Crippen LogP contribution >= 0.6 is 0 Å². The van der Waals surface area contributed by atoms with Crippen molar-refractivity contribution >= 4 is 17.7 Å². The lowest BCUT2D eigenvalue weighted by Crippen LogP contribution is -2.35. The summed E-state index contributed by atoms with van der Waals surface area (Å²) in [6.07, 6.45) is -1.57. The lowest BCUT2D eigenvalue weighted by Gasteiger charge is -2.23. The SMILES string of the molecule is CCOC(=O)C(C#N)[C@H]1[C@H](CC(=O)OC)C(=O)C[C@@H]1O. The molecule has 4 atom stereocenters. The molecule has 110 valence electrons. The second kappa shape index (κ2) is 7.01. The monoisotopic (exact) mass is 283 g/mol. The molecule has 1 aliphatic rings. The van der Waals surface area contributed by atoms with Crippen LogP contribution in [0.15, 0.2) is 0 Å². The Bertz CT molecular complexity index is 441. The third-order valence-electron chi connectivity index (χ3n) is 3.41. The molecule has 1 fully saturated rings. The van der Waals surface area contributed by atoms with Gasteiger partial charge in [0.15, 0.2) is 0 Å². The van der Waals surface area contributed by atoms with Crippen molar-refractivity contribution in [2.75, 3.05) is 13.7 Å². The average Bonchev–Trinajstić information content (AvgIpc) is 2.67. The Labute approximate surface area is 116 Å². The van der Waals surface area contributed by atoms with Gasteiger partial charge < -0.3 is 14.6 Å². The Balaban J connectivity index is 2.97. The van der Waals surface area contributed by atoms with Gasteiger partial charge in [-0.25, -0.2) is 0 Å². The van der Waals surface area contributed by atoms with E-state index in [-0.39, 0.29) is 25.2 Å². The first-order chi connectivity index (χ1) is 9.46. The van der Waals surface area contributed by atoms with Gasteiger partial charge in [-0.3, -0.25) is 14.4 Å². The zero-order chi connectivity index (χ0) is 15.3. The number of esters is 2. The number of aliphatic hydroxyl groups excluding tert-OH is 1. The third-order valence-corrected chi connectivity index (χ3v) is 3.41. The molecule has 0 heterocycles. The number of ketones is 1. The van der Waals surface area contributed by atoms with E-state index in [4.69, 9.17) is 10.00 Å². The molecule has 0 spiro atoms. The van der Waals surface area contributed by atoms with Crippen molar-refractivity contribution in [3.63, 3.8) is 0 Å². The number of nitrogens with zero attached hydrogens (tertiary/aromatic N) is 1. The van der Waals surface area contributed by atoms with Crippen molar-refractivity contribution in [3.05, 3.63) is 0 Å². The van der Waals surface area contributed by atoms with Crippen molar-refractivity contribution in [2.45, 2.75) is 25.9 Å². The molecular formula is C13H17NO6. The van der Waals surface area contributed by atoms with Gasteiger partial charge in [0.1, 0.15) is 11.7 Å². The van der Waals surface area contributed by atoms with Crippen molar-refractivity contribution in [3.8, 4) is 6.07 Å². The number of hydrogen-bond donors (Lipinski definition) is 1. The van der Waals surface area contributed by atoms with Gasteiger partial charge in [0.25, 0.3) is 0 Å². The molecule has 1 aliphatic carbocycles. The van der Waals surface area contributed by atoms with Gasteiger partial charge >= 0.3 is 11.9 Å². The van der Waals surface area contributed by atoms with Gasteiger partial charge in [-0.1, -0.05) is 0 Å². The number of rotatable bonds is 5. The van der Waals surface area contributed by atoms with E-state index in [1.807, 2.05) is 0 Å². The van der Waals surface area contributed by atoms with Crippen molar-refractivity contribution in [2.24, 2.45) is 17.8 Å². The molecule has 1 rings (SSSR count). The summed E-state index contributed by atoms with van der Waals surface area (Å²) in [7, 11) is 1.18. The van der Waals surface area contributed by atoms with E-state index in [0.29, 0.717) is 0 Å². The molecule has 1 N–H and O–H groups in total. The Morgan fingerprint density at radius 2 is 2.20 bits per heavy atom. The van der Waals surface area contributed by atoms with E-state index >= 15 is 0 Å². The molecule has 1 saturated carbocycles. The lowest BCUT2D eigenvalue weighted by atomic mass is 9.81. The lowest BCUT2D eigenvalue weighted by molar-refractivity contribution is -0.151. The van der Waals surface area contributed by atoms with Crippen LogP contribution in [-0.2, 0) is 23.9 Å². The Morgan fingerprint density at radius 3 is 2.70 bits per heavy atom. The molecule has 0 radical (unpaired) electrons. The van der Waals surface area contributed by atoms with E-state index in [1.165, 1.54) is 7.11 Å². The first-order valence-electron chi connectivity index (χ1n) is 6.30. The molecule has 0 aromatic rings. The van der Waals surface area contributed by atoms with Gasteiger partial charge in [0.05, 0.1) is 32.3 Å². The fourth-order valence-electron chi connectivity index (χ4n) is 2.47. The average molecular weight is 283 g/mol. The highest BCUT2D eigenvalue weighted by molar-refractivity contribution is 5.89. The number of hydrogen-bond acceptors (Lipinski definition) is 7. The standard InChI is InChI=1S/C13H17NO6/c1-3-20-13(18)8(6-14)12-7(4-11(17)19-2)9(15)5-10(12)16/h7-8,10,12,16H,3-5H2,1-2H3/t7-,8?,10+,12-/m1/s1. The largest absolute Gasteiger partial charge is 0.469 e. The molecule has 20 heavy (non-hydrogen) atoms. The summed E-state index contributed by atoms with van der Waals surface area (Å²) in [4.78, 5) is 34.9. The highest BCUT2D eigenvalue weighted by Crippen LogP contribution is 2.37. The van der Waals surface area contributed by atoms with Crippen LogP contribution in [0.25, 0.3) is 0 Å². The number of methoxy groups -OCH3 is 1. The minimum atomic E-state index is -1.27. The van der Waals surface area contributed by atoms with Crippen LogP contribution in [0.3, 0.4) is 0 Å². The fourth-order valence-corrected chi connectivity index (χ4v) is 2.47. The number of carbonyl (C=O) groups excluding carboxylic acids is 3. The van der Waals surface area contributed by atoms with Crippen LogP contribution in [0.2, 0.25) is 0 Å². The number of nitriles is 1. The predicted octanol–water partition coefficient (Wildman–Crippen LogP) is -0.182. The second-order valence-corrected chi connectivity index (χ2v) is 4.56. The number of aliphatic hydroxyl groups is 1. The molecule has 7 heteroatoms. The van der Waals surface area contributed by atoms with E-state index < -0.39 is 35.8 Å². The van der Waals surface area contributed by atoms with Gasteiger partial charge in [0, 0.05) is 18.3 Å². The summed E-state index contributed by atoms with van der Waals surface area (Å²) in [6, 6.07) is 1.76. The molecule has 7 nitrogen and oxygen atoms in total. The van der Waals surface area contributed by atoms with E-state index in [0.717, 1.165) is 0 Å². The zero-order valence-corrected chi connectivity index (χ0v) is 11.4. The number of Topliss-reactive ketones (excluding diaryl/α,β-unsaturated/α-hetero) is 1. The van der Waals surface area contributed by atoms with E-state index in [1.54, 1.807) is 13.0 Å². The second-order valence-electron chi connectivity index (χ2n) is 4.56. The van der Waals surface area contributed by atoms with Gasteiger partial charge in [-0.15, -0.1) is 0 Å². The molecular weight excluding hydrogens is 266 g/mol. The van der Waals surface area contributed by atoms with Gasteiger partial charge in [-0.05, 0) is 6.92 Å². The van der Waals surface area contributed by atoms with Crippen LogP contribution in [0.1, 0.15) is 19.8 Å². The topological polar surface area (TPSA) is 114 Å². The Hall–Kier alpha value is -1.94. The smallest absolute Gasteiger partial charge is 0.323 e. The maximum Gasteiger partial charge on any atom is 0.323 e.